The highest BCUT2D eigenvalue weighted by molar-refractivity contribution is 5.94. The van der Waals surface area contributed by atoms with Gasteiger partial charge in [0.05, 0.1) is 23.1 Å². The van der Waals surface area contributed by atoms with E-state index in [1.54, 1.807) is 12.1 Å². The van der Waals surface area contributed by atoms with Crippen LogP contribution in [0.2, 0.25) is 0 Å². The van der Waals surface area contributed by atoms with Crippen molar-refractivity contribution < 1.29 is 13.9 Å². The lowest BCUT2D eigenvalue weighted by Gasteiger charge is -2.19. The fraction of sp³-hybridized carbons (Fsp3) is 0.310. The summed E-state index contributed by atoms with van der Waals surface area (Å²) in [4.78, 5) is 17.0. The van der Waals surface area contributed by atoms with Crippen molar-refractivity contribution in [1.82, 2.24) is 14.9 Å². The van der Waals surface area contributed by atoms with Gasteiger partial charge in [-0.1, -0.05) is 57.2 Å². The maximum atomic E-state index is 13.8. The van der Waals surface area contributed by atoms with Gasteiger partial charge < -0.3 is 14.6 Å². The molecule has 1 heterocycles. The minimum Gasteiger partial charge on any atom is -0.492 e. The number of imidazole rings is 1. The number of hydrogen-bond donors (Lipinski definition) is 1. The van der Waals surface area contributed by atoms with E-state index in [9.17, 15) is 9.18 Å². The molecule has 0 bridgehead atoms. The summed E-state index contributed by atoms with van der Waals surface area (Å²) in [6.07, 6.45) is 1.38. The molecule has 0 saturated heterocycles. The Labute approximate surface area is 206 Å². The monoisotopic (exact) mass is 473 g/mol. The van der Waals surface area contributed by atoms with E-state index in [0.29, 0.717) is 32.5 Å². The van der Waals surface area contributed by atoms with Gasteiger partial charge in [0.25, 0.3) is 5.91 Å². The van der Waals surface area contributed by atoms with E-state index >= 15 is 0 Å². The third kappa shape index (κ3) is 6.07. The lowest BCUT2D eigenvalue weighted by molar-refractivity contribution is 0.0949. The Kier molecular flexibility index (Phi) is 7.49. The maximum absolute atomic E-state index is 13.8. The number of nitrogens with zero attached hydrogens (tertiary/aromatic N) is 2. The number of aryl methyl sites for hydroxylation is 1. The number of amides is 1. The van der Waals surface area contributed by atoms with Gasteiger partial charge in [-0.15, -0.1) is 0 Å². The molecule has 0 aliphatic rings. The van der Waals surface area contributed by atoms with Crippen LogP contribution in [-0.2, 0) is 18.4 Å². The largest absolute Gasteiger partial charge is 0.492 e. The van der Waals surface area contributed by atoms with Crippen molar-refractivity contribution in [2.45, 2.75) is 45.6 Å². The second-order valence-electron chi connectivity index (χ2n) is 9.63. The normalized spacial score (nSPS) is 11.5. The van der Waals surface area contributed by atoms with Crippen molar-refractivity contribution in [2.75, 3.05) is 13.2 Å². The number of para-hydroxylation sites is 2. The van der Waals surface area contributed by atoms with Crippen LogP contribution in [0.15, 0.2) is 72.8 Å². The molecule has 0 atom stereocenters. The molecule has 0 fully saturated rings. The summed E-state index contributed by atoms with van der Waals surface area (Å²) in [6.45, 7) is 8.21. The van der Waals surface area contributed by atoms with Gasteiger partial charge in [-0.3, -0.25) is 4.79 Å². The van der Waals surface area contributed by atoms with Crippen LogP contribution in [0, 0.1) is 5.82 Å². The second kappa shape index (κ2) is 10.7. The first-order valence-electron chi connectivity index (χ1n) is 12.0. The lowest BCUT2D eigenvalue weighted by atomic mass is 9.87. The van der Waals surface area contributed by atoms with Crippen molar-refractivity contribution in [1.29, 1.82) is 0 Å². The van der Waals surface area contributed by atoms with Gasteiger partial charge in [0.1, 0.15) is 24.0 Å². The van der Waals surface area contributed by atoms with E-state index in [4.69, 9.17) is 9.72 Å². The highest BCUT2D eigenvalue weighted by atomic mass is 19.1. The summed E-state index contributed by atoms with van der Waals surface area (Å²) in [5.41, 5.74) is 3.44. The number of rotatable bonds is 9. The van der Waals surface area contributed by atoms with Gasteiger partial charge in [0.2, 0.25) is 0 Å². The number of benzene rings is 3. The Hall–Kier alpha value is -3.67. The summed E-state index contributed by atoms with van der Waals surface area (Å²) < 4.78 is 22.0. The van der Waals surface area contributed by atoms with Gasteiger partial charge in [-0.2, -0.15) is 0 Å². The molecule has 0 saturated carbocycles. The Morgan fingerprint density at radius 2 is 1.71 bits per heavy atom. The number of halogens is 1. The maximum Gasteiger partial charge on any atom is 0.254 e. The molecular weight excluding hydrogens is 441 g/mol. The molecule has 0 radical (unpaired) electrons. The first-order valence-corrected chi connectivity index (χ1v) is 12.0. The lowest BCUT2D eigenvalue weighted by Crippen LogP contribution is -2.26. The Morgan fingerprint density at radius 3 is 2.46 bits per heavy atom. The summed E-state index contributed by atoms with van der Waals surface area (Å²) in [5.74, 6) is 0.875. The molecule has 0 unspecified atom stereocenters. The van der Waals surface area contributed by atoms with E-state index in [2.05, 4.69) is 48.9 Å². The van der Waals surface area contributed by atoms with E-state index in [-0.39, 0.29) is 11.0 Å². The predicted octanol–water partition coefficient (Wildman–Crippen LogP) is 5.91. The van der Waals surface area contributed by atoms with Gasteiger partial charge in [0.15, 0.2) is 0 Å². The summed E-state index contributed by atoms with van der Waals surface area (Å²) in [7, 11) is 0. The van der Waals surface area contributed by atoms with E-state index in [0.717, 1.165) is 22.6 Å². The molecule has 5 nitrogen and oxygen atoms in total. The Bertz CT molecular complexity index is 1290. The fourth-order valence-electron chi connectivity index (χ4n) is 4.06. The van der Waals surface area contributed by atoms with Gasteiger partial charge in [0, 0.05) is 13.0 Å². The fourth-order valence-corrected chi connectivity index (χ4v) is 4.06. The predicted molar refractivity (Wildman–Crippen MR) is 137 cm³/mol. The first kappa shape index (κ1) is 24.5. The number of carbonyl (C=O) groups excluding carboxylic acids is 1. The standard InChI is InChI=1S/C29H32FN3O2/c1-29(2,3)21-14-16-22(17-15-21)35-20-19-33-26-12-7-6-11-25(26)32-27(33)13-8-18-31-28(34)23-9-4-5-10-24(23)30/h4-7,9-12,14-17H,8,13,18-20H2,1-3H3,(H,31,34). The van der Waals surface area contributed by atoms with Crippen molar-refractivity contribution in [3.05, 3.63) is 95.6 Å². The molecule has 0 aliphatic heterocycles. The minimum absolute atomic E-state index is 0.0624. The van der Waals surface area contributed by atoms with Crippen molar-refractivity contribution in [3.63, 3.8) is 0 Å². The number of carbonyl (C=O) groups is 1. The average Bonchev–Trinajstić information content (AvgIpc) is 3.19. The molecule has 182 valence electrons. The summed E-state index contributed by atoms with van der Waals surface area (Å²) in [6, 6.07) is 22.3. The molecule has 1 N–H and O–H groups in total. The zero-order valence-corrected chi connectivity index (χ0v) is 20.6. The van der Waals surface area contributed by atoms with E-state index < -0.39 is 11.7 Å². The van der Waals surface area contributed by atoms with Crippen LogP contribution >= 0.6 is 0 Å². The molecule has 6 heteroatoms. The average molecular weight is 474 g/mol. The number of aromatic nitrogens is 2. The van der Waals surface area contributed by atoms with Gasteiger partial charge >= 0.3 is 0 Å². The third-order valence-electron chi connectivity index (χ3n) is 6.02. The van der Waals surface area contributed by atoms with Crippen LogP contribution in [-0.4, -0.2) is 28.6 Å². The third-order valence-corrected chi connectivity index (χ3v) is 6.02. The zero-order valence-electron chi connectivity index (χ0n) is 20.6. The van der Waals surface area contributed by atoms with E-state index in [1.807, 2.05) is 30.3 Å². The number of nitrogens with one attached hydrogen (secondary N) is 1. The molecule has 1 aromatic heterocycles. The van der Waals surface area contributed by atoms with Crippen LogP contribution in [0.5, 0.6) is 5.75 Å². The second-order valence-corrected chi connectivity index (χ2v) is 9.63. The number of ether oxygens (including phenoxy) is 1. The summed E-state index contributed by atoms with van der Waals surface area (Å²) in [5, 5.41) is 2.80. The molecule has 0 aliphatic carbocycles. The Morgan fingerprint density at radius 1 is 1.00 bits per heavy atom. The number of fused-ring (bicyclic) bond motifs is 1. The molecule has 0 spiro atoms. The highest BCUT2D eigenvalue weighted by Crippen LogP contribution is 2.24. The smallest absolute Gasteiger partial charge is 0.254 e. The Balaban J connectivity index is 1.36. The van der Waals surface area contributed by atoms with Gasteiger partial charge in [-0.25, -0.2) is 9.37 Å². The molecule has 35 heavy (non-hydrogen) atoms. The zero-order chi connectivity index (χ0) is 24.8. The van der Waals surface area contributed by atoms with Crippen LogP contribution < -0.4 is 10.1 Å². The minimum atomic E-state index is -0.514. The molecule has 4 aromatic rings. The quantitative estimate of drug-likeness (QED) is 0.307. The van der Waals surface area contributed by atoms with Crippen molar-refractivity contribution >= 4 is 16.9 Å². The summed E-state index contributed by atoms with van der Waals surface area (Å²) >= 11 is 0. The number of hydrogen-bond acceptors (Lipinski definition) is 3. The van der Waals surface area contributed by atoms with Crippen LogP contribution in [0.1, 0.15) is 48.9 Å². The molecule has 4 rings (SSSR count). The SMILES string of the molecule is CC(C)(C)c1ccc(OCCn2c(CCCNC(=O)c3ccccc3F)nc3ccccc32)cc1. The van der Waals surface area contributed by atoms with Gasteiger partial charge in [-0.05, 0) is 53.8 Å². The van der Waals surface area contributed by atoms with Crippen LogP contribution in [0.3, 0.4) is 0 Å². The first-order chi connectivity index (χ1) is 16.8. The van der Waals surface area contributed by atoms with Crippen LogP contribution in [0.25, 0.3) is 11.0 Å². The van der Waals surface area contributed by atoms with Crippen molar-refractivity contribution in [2.24, 2.45) is 0 Å². The molecular formula is C29H32FN3O2. The highest BCUT2D eigenvalue weighted by Gasteiger charge is 2.14. The van der Waals surface area contributed by atoms with E-state index in [1.165, 1.54) is 17.7 Å². The topological polar surface area (TPSA) is 56.1 Å². The molecule has 3 aromatic carbocycles. The van der Waals surface area contributed by atoms with Crippen LogP contribution in [0.4, 0.5) is 4.39 Å². The molecule has 1 amide bonds. The van der Waals surface area contributed by atoms with Crippen molar-refractivity contribution in [3.8, 4) is 5.75 Å².